The van der Waals surface area contributed by atoms with Crippen molar-refractivity contribution in [3.63, 3.8) is 0 Å². The molecule has 1 saturated carbocycles. The number of carboxylic acid groups (broad SMARTS) is 1. The minimum Gasteiger partial charge on any atom is -0.481 e. The molecule has 1 aliphatic rings. The molecule has 0 aromatic heterocycles. The number of carbonyl (C=O) groups is 2. The summed E-state index contributed by atoms with van der Waals surface area (Å²) < 4.78 is 1.08. The van der Waals surface area contributed by atoms with Gasteiger partial charge in [-0.05, 0) is 66.0 Å². The number of aliphatic carboxylic acids is 1. The number of anilines is 1. The molecule has 1 aliphatic carbocycles. The monoisotopic (exact) mass is 387 g/mol. The molecule has 0 aliphatic heterocycles. The van der Waals surface area contributed by atoms with Crippen LogP contribution in [-0.4, -0.2) is 17.0 Å². The first-order chi connectivity index (χ1) is 9.38. The molecule has 1 unspecified atom stereocenters. The number of nitrogens with one attached hydrogen (secondary N) is 1. The number of rotatable bonds is 3. The molecule has 3 atom stereocenters. The van der Waals surface area contributed by atoms with Crippen molar-refractivity contribution in [2.45, 2.75) is 26.7 Å². The summed E-state index contributed by atoms with van der Waals surface area (Å²) in [6, 6.07) is 5.70. The van der Waals surface area contributed by atoms with Gasteiger partial charge in [-0.15, -0.1) is 0 Å². The predicted molar refractivity (Wildman–Crippen MR) is 85.5 cm³/mol. The van der Waals surface area contributed by atoms with Gasteiger partial charge < -0.3 is 10.4 Å². The van der Waals surface area contributed by atoms with Crippen LogP contribution in [0.3, 0.4) is 0 Å². The van der Waals surface area contributed by atoms with Gasteiger partial charge in [-0.1, -0.05) is 13.0 Å². The van der Waals surface area contributed by atoms with Crippen LogP contribution in [0.1, 0.15) is 25.3 Å². The molecule has 0 radical (unpaired) electrons. The van der Waals surface area contributed by atoms with Gasteiger partial charge in [0.2, 0.25) is 5.91 Å². The van der Waals surface area contributed by atoms with Crippen molar-refractivity contribution in [3.05, 3.63) is 27.3 Å². The van der Waals surface area contributed by atoms with Crippen molar-refractivity contribution in [2.24, 2.45) is 17.8 Å². The van der Waals surface area contributed by atoms with Crippen LogP contribution >= 0.6 is 22.6 Å². The smallest absolute Gasteiger partial charge is 0.307 e. The topological polar surface area (TPSA) is 66.4 Å². The van der Waals surface area contributed by atoms with Gasteiger partial charge in [-0.2, -0.15) is 0 Å². The normalized spacial score (nSPS) is 25.4. The summed E-state index contributed by atoms with van der Waals surface area (Å²) >= 11 is 2.22. The van der Waals surface area contributed by atoms with Crippen molar-refractivity contribution < 1.29 is 14.7 Å². The molecular weight excluding hydrogens is 369 g/mol. The maximum Gasteiger partial charge on any atom is 0.307 e. The van der Waals surface area contributed by atoms with Gasteiger partial charge in [0.1, 0.15) is 0 Å². The number of hydrogen-bond donors (Lipinski definition) is 2. The summed E-state index contributed by atoms with van der Waals surface area (Å²) in [6.45, 7) is 4.00. The molecule has 1 amide bonds. The molecule has 5 heteroatoms. The Bertz CT molecular complexity index is 544. The van der Waals surface area contributed by atoms with E-state index in [0.717, 1.165) is 14.8 Å². The Balaban J connectivity index is 2.11. The molecule has 108 valence electrons. The lowest BCUT2D eigenvalue weighted by molar-refractivity contribution is -0.145. The van der Waals surface area contributed by atoms with Crippen molar-refractivity contribution >= 4 is 40.2 Å². The highest BCUT2D eigenvalue weighted by atomic mass is 127. The molecule has 2 rings (SSSR count). The maximum absolute atomic E-state index is 12.3. The van der Waals surface area contributed by atoms with Gasteiger partial charge in [0.15, 0.2) is 0 Å². The Morgan fingerprint density at radius 3 is 2.55 bits per heavy atom. The van der Waals surface area contributed by atoms with Crippen LogP contribution in [0.15, 0.2) is 18.2 Å². The van der Waals surface area contributed by atoms with E-state index in [1.165, 1.54) is 0 Å². The molecule has 0 heterocycles. The first kappa shape index (κ1) is 15.3. The lowest BCUT2D eigenvalue weighted by atomic mass is 9.95. The average Bonchev–Trinajstić information content (AvgIpc) is 2.76. The Labute approximate surface area is 132 Å². The van der Waals surface area contributed by atoms with Crippen LogP contribution in [-0.2, 0) is 9.59 Å². The first-order valence-electron chi connectivity index (χ1n) is 6.68. The molecule has 20 heavy (non-hydrogen) atoms. The van der Waals surface area contributed by atoms with Crippen LogP contribution in [0.25, 0.3) is 0 Å². The fourth-order valence-corrected chi connectivity index (χ4v) is 3.28. The van der Waals surface area contributed by atoms with Crippen molar-refractivity contribution in [1.29, 1.82) is 0 Å². The number of aryl methyl sites for hydroxylation is 1. The second kappa shape index (κ2) is 6.11. The van der Waals surface area contributed by atoms with Gasteiger partial charge in [0.25, 0.3) is 0 Å². The van der Waals surface area contributed by atoms with Crippen molar-refractivity contribution in [1.82, 2.24) is 0 Å². The van der Waals surface area contributed by atoms with E-state index in [1.807, 2.05) is 32.0 Å². The molecule has 0 bridgehead atoms. The molecular formula is C15H18INO3. The summed E-state index contributed by atoms with van der Waals surface area (Å²) in [6.07, 6.45) is 1.23. The van der Waals surface area contributed by atoms with Crippen LogP contribution < -0.4 is 5.32 Å². The average molecular weight is 387 g/mol. The molecule has 2 N–H and O–H groups in total. The Kier molecular flexibility index (Phi) is 4.67. The summed E-state index contributed by atoms with van der Waals surface area (Å²) in [5, 5.41) is 12.1. The second-order valence-electron chi connectivity index (χ2n) is 5.58. The fraction of sp³-hybridized carbons (Fsp3) is 0.467. The number of carbonyl (C=O) groups excluding carboxylic acids is 1. The number of carboxylic acids is 1. The van der Waals surface area contributed by atoms with Crippen LogP contribution in [0.4, 0.5) is 5.69 Å². The summed E-state index contributed by atoms with van der Waals surface area (Å²) in [4.78, 5) is 23.5. The molecule has 1 fully saturated rings. The molecule has 0 saturated heterocycles. The zero-order chi connectivity index (χ0) is 14.9. The Morgan fingerprint density at radius 2 is 1.95 bits per heavy atom. The van der Waals surface area contributed by atoms with E-state index in [0.29, 0.717) is 12.8 Å². The SMILES string of the molecule is Cc1ccc(NC(=O)[C@H]2CC(C)C[C@H]2C(=O)O)cc1I. The molecule has 1 aromatic rings. The second-order valence-corrected chi connectivity index (χ2v) is 6.74. The molecule has 1 aromatic carbocycles. The van der Waals surface area contributed by atoms with Crippen molar-refractivity contribution in [2.75, 3.05) is 5.32 Å². The summed E-state index contributed by atoms with van der Waals surface area (Å²) in [7, 11) is 0. The van der Waals surface area contributed by atoms with E-state index >= 15 is 0 Å². The molecule has 4 nitrogen and oxygen atoms in total. The van der Waals surface area contributed by atoms with Gasteiger partial charge >= 0.3 is 5.97 Å². The van der Waals surface area contributed by atoms with E-state index < -0.39 is 17.8 Å². The highest BCUT2D eigenvalue weighted by Crippen LogP contribution is 2.37. The van der Waals surface area contributed by atoms with Gasteiger partial charge in [-0.3, -0.25) is 9.59 Å². The highest BCUT2D eigenvalue weighted by molar-refractivity contribution is 14.1. The highest BCUT2D eigenvalue weighted by Gasteiger charge is 2.41. The summed E-state index contributed by atoms with van der Waals surface area (Å²) in [5.74, 6) is -1.75. The van der Waals surface area contributed by atoms with Crippen LogP contribution in [0.2, 0.25) is 0 Å². The maximum atomic E-state index is 12.3. The number of halogens is 1. The molecule has 0 spiro atoms. The summed E-state index contributed by atoms with van der Waals surface area (Å²) in [5.41, 5.74) is 1.88. The van der Waals surface area contributed by atoms with Crippen molar-refractivity contribution in [3.8, 4) is 0 Å². The lowest BCUT2D eigenvalue weighted by Crippen LogP contribution is -2.30. The van der Waals surface area contributed by atoms with Crippen LogP contribution in [0.5, 0.6) is 0 Å². The predicted octanol–water partition coefficient (Wildman–Crippen LogP) is 3.29. The minimum atomic E-state index is -0.868. The first-order valence-corrected chi connectivity index (χ1v) is 7.76. The van der Waals surface area contributed by atoms with Crippen LogP contribution in [0, 0.1) is 28.2 Å². The zero-order valence-corrected chi connectivity index (χ0v) is 13.7. The number of hydrogen-bond acceptors (Lipinski definition) is 2. The zero-order valence-electron chi connectivity index (χ0n) is 11.5. The van der Waals surface area contributed by atoms with E-state index in [9.17, 15) is 14.7 Å². The quantitative estimate of drug-likeness (QED) is 0.783. The van der Waals surface area contributed by atoms with Gasteiger partial charge in [0, 0.05) is 9.26 Å². The van der Waals surface area contributed by atoms with E-state index in [-0.39, 0.29) is 11.8 Å². The van der Waals surface area contributed by atoms with Gasteiger partial charge in [0.05, 0.1) is 11.8 Å². The van der Waals surface area contributed by atoms with E-state index in [1.54, 1.807) is 0 Å². The third kappa shape index (κ3) is 3.31. The number of amides is 1. The van der Waals surface area contributed by atoms with Gasteiger partial charge in [-0.25, -0.2) is 0 Å². The van der Waals surface area contributed by atoms with E-state index in [2.05, 4.69) is 27.9 Å². The fourth-order valence-electron chi connectivity index (χ4n) is 2.76. The van der Waals surface area contributed by atoms with E-state index in [4.69, 9.17) is 0 Å². The largest absolute Gasteiger partial charge is 0.481 e. The lowest BCUT2D eigenvalue weighted by Gasteiger charge is -2.16. The standard InChI is InChI=1S/C15H18INO3/c1-8-5-11(12(6-8)15(19)20)14(18)17-10-4-3-9(2)13(16)7-10/h3-4,7-8,11-12H,5-6H2,1-2H3,(H,17,18)(H,19,20)/t8?,11-,12+/m0/s1. The number of benzene rings is 1. The Morgan fingerprint density at radius 1 is 1.30 bits per heavy atom. The third-order valence-corrected chi connectivity index (χ3v) is 5.05. The minimum absolute atomic E-state index is 0.179. The Hall–Kier alpha value is -1.11. The third-order valence-electron chi connectivity index (χ3n) is 3.89.